The Labute approximate surface area is 158 Å². The van der Waals surface area contributed by atoms with Crippen molar-refractivity contribution in [2.24, 2.45) is 5.92 Å². The molecule has 2 aromatic rings. The number of rotatable bonds is 9. The summed E-state index contributed by atoms with van der Waals surface area (Å²) in [6, 6.07) is 10.1. The predicted octanol–water partition coefficient (Wildman–Crippen LogP) is 2.91. The van der Waals surface area contributed by atoms with Gasteiger partial charge in [-0.25, -0.2) is 4.98 Å². The van der Waals surface area contributed by atoms with Crippen LogP contribution in [-0.4, -0.2) is 34.8 Å². The number of nitrogens with zero attached hydrogens (tertiary/aromatic N) is 2. The molecule has 2 amide bonds. The summed E-state index contributed by atoms with van der Waals surface area (Å²) < 4.78 is 5.38. The number of benzene rings is 1. The molecule has 1 aliphatic rings. The van der Waals surface area contributed by atoms with E-state index in [2.05, 4.69) is 35.6 Å². The van der Waals surface area contributed by atoms with Gasteiger partial charge < -0.3 is 14.6 Å². The molecule has 27 heavy (non-hydrogen) atoms. The first-order valence-electron chi connectivity index (χ1n) is 8.92. The summed E-state index contributed by atoms with van der Waals surface area (Å²) in [5.41, 5.74) is 1.37. The van der Waals surface area contributed by atoms with E-state index >= 15 is 0 Å². The van der Waals surface area contributed by atoms with Crippen molar-refractivity contribution in [3.8, 4) is 0 Å². The summed E-state index contributed by atoms with van der Waals surface area (Å²) >= 11 is 0. The number of nitrogens with one attached hydrogen (secondary N) is 1. The Kier molecular flexibility index (Phi) is 5.86. The molecule has 6 nitrogen and oxygen atoms in total. The number of hydrogen-bond acceptors (Lipinski definition) is 4. The van der Waals surface area contributed by atoms with E-state index in [1.165, 1.54) is 11.8 Å². The van der Waals surface area contributed by atoms with Gasteiger partial charge in [0, 0.05) is 19.0 Å². The molecule has 0 aliphatic heterocycles. The summed E-state index contributed by atoms with van der Waals surface area (Å²) in [6.07, 6.45) is 5.41. The zero-order valence-corrected chi connectivity index (χ0v) is 15.1. The lowest BCUT2D eigenvalue weighted by molar-refractivity contribution is -0.133. The molecule has 3 rings (SSSR count). The number of carbonyl (C=O) groups excluding carboxylic acids is 2. The van der Waals surface area contributed by atoms with Crippen LogP contribution in [0.3, 0.4) is 0 Å². The Morgan fingerprint density at radius 1 is 1.26 bits per heavy atom. The largest absolute Gasteiger partial charge is 0.446 e. The zero-order valence-electron chi connectivity index (χ0n) is 15.1. The second-order valence-electron chi connectivity index (χ2n) is 6.49. The summed E-state index contributed by atoms with van der Waals surface area (Å²) in [7, 11) is 0. The highest BCUT2D eigenvalue weighted by Crippen LogP contribution is 2.48. The van der Waals surface area contributed by atoms with Crippen LogP contribution in [0.5, 0.6) is 0 Å². The van der Waals surface area contributed by atoms with Crippen molar-refractivity contribution in [1.29, 1.82) is 0 Å². The van der Waals surface area contributed by atoms with Crippen LogP contribution < -0.4 is 5.32 Å². The number of aromatic nitrogens is 1. The second kappa shape index (κ2) is 8.49. The molecule has 2 atom stereocenters. The third-order valence-corrected chi connectivity index (χ3v) is 4.51. The SMILES string of the molecule is C=CCNC(=O)c1coc(CN(CC=C)C(=O)C2CC2c2ccccc2)n1. The molecular formula is C21H23N3O3. The van der Waals surface area contributed by atoms with Gasteiger partial charge in [0.15, 0.2) is 5.69 Å². The molecule has 1 fully saturated rings. The summed E-state index contributed by atoms with van der Waals surface area (Å²) in [5.74, 6) is 0.275. The first-order chi connectivity index (χ1) is 13.1. The standard InChI is InChI=1S/C21H23N3O3/c1-3-10-22-20(25)18-14-27-19(23-18)13-24(11-4-2)21(26)17-12-16(17)15-8-6-5-7-9-15/h3-9,14,16-17H,1-2,10-13H2,(H,22,25). The number of amides is 2. The average molecular weight is 365 g/mol. The lowest BCUT2D eigenvalue weighted by atomic mass is 10.1. The fraction of sp³-hybridized carbons (Fsp3) is 0.286. The molecule has 0 spiro atoms. The van der Waals surface area contributed by atoms with Gasteiger partial charge in [-0.2, -0.15) is 0 Å². The molecule has 0 radical (unpaired) electrons. The Balaban J connectivity index is 1.63. The van der Waals surface area contributed by atoms with Gasteiger partial charge in [-0.3, -0.25) is 9.59 Å². The van der Waals surface area contributed by atoms with Gasteiger partial charge in [0.1, 0.15) is 6.26 Å². The molecule has 1 aromatic carbocycles. The van der Waals surface area contributed by atoms with Gasteiger partial charge in [0.05, 0.1) is 6.54 Å². The van der Waals surface area contributed by atoms with E-state index in [-0.39, 0.29) is 35.9 Å². The maximum atomic E-state index is 12.9. The van der Waals surface area contributed by atoms with Crippen LogP contribution in [0.4, 0.5) is 0 Å². The fourth-order valence-corrected chi connectivity index (χ4v) is 3.07. The van der Waals surface area contributed by atoms with Crippen molar-refractivity contribution in [3.05, 3.63) is 79.1 Å². The minimum atomic E-state index is -0.335. The molecule has 1 N–H and O–H groups in total. The molecule has 1 heterocycles. The van der Waals surface area contributed by atoms with Gasteiger partial charge in [0.2, 0.25) is 11.8 Å². The van der Waals surface area contributed by atoms with E-state index in [0.29, 0.717) is 19.0 Å². The average Bonchev–Trinajstić information content (AvgIpc) is 3.36. The van der Waals surface area contributed by atoms with Gasteiger partial charge in [0.25, 0.3) is 5.91 Å². The maximum Gasteiger partial charge on any atom is 0.273 e. The van der Waals surface area contributed by atoms with Gasteiger partial charge in [-0.1, -0.05) is 42.5 Å². The van der Waals surface area contributed by atoms with Crippen LogP contribution in [0.25, 0.3) is 0 Å². The highest BCUT2D eigenvalue weighted by atomic mass is 16.3. The summed E-state index contributed by atoms with van der Waals surface area (Å²) in [5, 5.41) is 2.64. The first-order valence-corrected chi connectivity index (χ1v) is 8.92. The van der Waals surface area contributed by atoms with E-state index in [1.54, 1.807) is 17.1 Å². The number of hydrogen-bond donors (Lipinski definition) is 1. The third-order valence-electron chi connectivity index (χ3n) is 4.51. The molecule has 1 aliphatic carbocycles. The second-order valence-corrected chi connectivity index (χ2v) is 6.49. The van der Waals surface area contributed by atoms with Gasteiger partial charge >= 0.3 is 0 Å². The smallest absolute Gasteiger partial charge is 0.273 e. The maximum absolute atomic E-state index is 12.9. The number of carbonyl (C=O) groups is 2. The molecule has 140 valence electrons. The summed E-state index contributed by atoms with van der Waals surface area (Å²) in [4.78, 5) is 30.6. The molecule has 1 aromatic heterocycles. The van der Waals surface area contributed by atoms with Crippen molar-refractivity contribution < 1.29 is 14.0 Å². The predicted molar refractivity (Wildman–Crippen MR) is 102 cm³/mol. The van der Waals surface area contributed by atoms with Gasteiger partial charge in [-0.05, 0) is 17.9 Å². The van der Waals surface area contributed by atoms with Crippen LogP contribution in [0, 0.1) is 5.92 Å². The van der Waals surface area contributed by atoms with E-state index in [0.717, 1.165) is 6.42 Å². The van der Waals surface area contributed by atoms with Crippen molar-refractivity contribution in [3.63, 3.8) is 0 Å². The minimum Gasteiger partial charge on any atom is -0.446 e. The van der Waals surface area contributed by atoms with Crippen LogP contribution in [-0.2, 0) is 11.3 Å². The number of oxazole rings is 1. The third kappa shape index (κ3) is 4.53. The van der Waals surface area contributed by atoms with Crippen LogP contribution in [0.2, 0.25) is 0 Å². The minimum absolute atomic E-state index is 0.0299. The molecule has 2 unspecified atom stereocenters. The lowest BCUT2D eigenvalue weighted by Gasteiger charge is -2.19. The van der Waals surface area contributed by atoms with Crippen molar-refractivity contribution in [1.82, 2.24) is 15.2 Å². The molecule has 0 saturated heterocycles. The monoisotopic (exact) mass is 365 g/mol. The van der Waals surface area contributed by atoms with Crippen LogP contribution >= 0.6 is 0 Å². The molecular weight excluding hydrogens is 342 g/mol. The van der Waals surface area contributed by atoms with Crippen molar-refractivity contribution >= 4 is 11.8 Å². The van der Waals surface area contributed by atoms with Crippen LogP contribution in [0.1, 0.15) is 34.3 Å². The quantitative estimate of drug-likeness (QED) is 0.693. The first kappa shape index (κ1) is 18.6. The normalized spacial score (nSPS) is 17.8. The van der Waals surface area contributed by atoms with Crippen molar-refractivity contribution in [2.45, 2.75) is 18.9 Å². The molecule has 0 bridgehead atoms. The topological polar surface area (TPSA) is 75.4 Å². The van der Waals surface area contributed by atoms with Crippen LogP contribution in [0.15, 0.2) is 66.3 Å². The van der Waals surface area contributed by atoms with E-state index < -0.39 is 0 Å². The van der Waals surface area contributed by atoms with E-state index in [4.69, 9.17) is 4.42 Å². The Morgan fingerprint density at radius 2 is 2.04 bits per heavy atom. The van der Waals surface area contributed by atoms with E-state index in [9.17, 15) is 9.59 Å². The lowest BCUT2D eigenvalue weighted by Crippen LogP contribution is -2.32. The van der Waals surface area contributed by atoms with E-state index in [1.807, 2.05) is 18.2 Å². The molecule has 6 heteroatoms. The van der Waals surface area contributed by atoms with Gasteiger partial charge in [-0.15, -0.1) is 13.2 Å². The highest BCUT2D eigenvalue weighted by molar-refractivity contribution is 5.92. The van der Waals surface area contributed by atoms with Crippen molar-refractivity contribution in [2.75, 3.05) is 13.1 Å². The summed E-state index contributed by atoms with van der Waals surface area (Å²) in [6.45, 7) is 8.24. The fourth-order valence-electron chi connectivity index (χ4n) is 3.07. The Morgan fingerprint density at radius 3 is 2.74 bits per heavy atom. The molecule has 1 saturated carbocycles. The highest BCUT2D eigenvalue weighted by Gasteiger charge is 2.45. The Bertz CT molecular complexity index is 828. The zero-order chi connectivity index (χ0) is 19.2. The Hall–Kier alpha value is -3.15.